The van der Waals surface area contributed by atoms with E-state index in [-0.39, 0.29) is 0 Å². The SMILES string of the molecule is C#CC(C#N)=CC=CN(CC(CC)CCCC)CC(CC)CCCC. The molecule has 2 atom stereocenters. The maximum Gasteiger partial charge on any atom is 0.108 e. The molecule has 0 N–H and O–H groups in total. The molecule has 25 heavy (non-hydrogen) atoms. The van der Waals surface area contributed by atoms with Crippen LogP contribution < -0.4 is 0 Å². The first-order chi connectivity index (χ1) is 12.1. The molecule has 0 aromatic rings. The first-order valence-electron chi connectivity index (χ1n) is 10.1. The lowest BCUT2D eigenvalue weighted by Crippen LogP contribution is -2.29. The Bertz CT molecular complexity index is 427. The predicted octanol–water partition coefficient (Wildman–Crippen LogP) is 6.32. The summed E-state index contributed by atoms with van der Waals surface area (Å²) in [6, 6.07) is 2.04. The lowest BCUT2D eigenvalue weighted by atomic mass is 9.96. The highest BCUT2D eigenvalue weighted by Gasteiger charge is 2.14. The third kappa shape index (κ3) is 11.5. The Hall–Kier alpha value is -1.67. The van der Waals surface area contributed by atoms with Crippen LogP contribution in [0.1, 0.15) is 79.1 Å². The molecule has 0 saturated heterocycles. The Kier molecular flexibility index (Phi) is 14.8. The van der Waals surface area contributed by atoms with Gasteiger partial charge in [0, 0.05) is 13.1 Å². The van der Waals surface area contributed by atoms with Gasteiger partial charge < -0.3 is 4.90 Å². The zero-order valence-corrected chi connectivity index (χ0v) is 16.9. The lowest BCUT2D eigenvalue weighted by molar-refractivity contribution is 0.239. The molecule has 0 radical (unpaired) electrons. The molecule has 0 aliphatic heterocycles. The van der Waals surface area contributed by atoms with Gasteiger partial charge in [0.05, 0.1) is 0 Å². The van der Waals surface area contributed by atoms with Crippen LogP contribution in [0.2, 0.25) is 0 Å². The molecule has 0 rings (SSSR count). The van der Waals surface area contributed by atoms with E-state index in [0.717, 1.165) is 24.9 Å². The maximum absolute atomic E-state index is 8.94. The van der Waals surface area contributed by atoms with Crippen LogP contribution in [0.25, 0.3) is 0 Å². The zero-order valence-electron chi connectivity index (χ0n) is 16.9. The van der Waals surface area contributed by atoms with E-state index in [9.17, 15) is 0 Å². The van der Waals surface area contributed by atoms with Gasteiger partial charge in [-0.05, 0) is 43.0 Å². The number of allylic oxidation sites excluding steroid dienone is 3. The fourth-order valence-electron chi connectivity index (χ4n) is 3.07. The van der Waals surface area contributed by atoms with E-state index in [1.165, 1.54) is 51.4 Å². The van der Waals surface area contributed by atoms with Gasteiger partial charge >= 0.3 is 0 Å². The summed E-state index contributed by atoms with van der Waals surface area (Å²) in [5, 5.41) is 8.94. The molecule has 0 aromatic heterocycles. The predicted molar refractivity (Wildman–Crippen MR) is 110 cm³/mol. The summed E-state index contributed by atoms with van der Waals surface area (Å²) >= 11 is 0. The first-order valence-corrected chi connectivity index (χ1v) is 10.1. The van der Waals surface area contributed by atoms with Gasteiger partial charge in [0.2, 0.25) is 0 Å². The second-order valence-electron chi connectivity index (χ2n) is 6.96. The summed E-state index contributed by atoms with van der Waals surface area (Å²) in [7, 11) is 0. The summed E-state index contributed by atoms with van der Waals surface area (Å²) in [5.74, 6) is 3.89. The van der Waals surface area contributed by atoms with Crippen LogP contribution in [-0.2, 0) is 0 Å². The Labute approximate surface area is 157 Å². The van der Waals surface area contributed by atoms with E-state index in [1.807, 2.05) is 12.1 Å². The molecule has 2 heteroatoms. The Balaban J connectivity index is 5.01. The number of terminal acetylenes is 1. The average molecular weight is 343 g/mol. The van der Waals surface area contributed by atoms with Crippen molar-refractivity contribution in [2.45, 2.75) is 79.1 Å². The number of rotatable bonds is 14. The first kappa shape index (κ1) is 23.3. The normalized spacial score (nSPS) is 14.1. The van der Waals surface area contributed by atoms with Crippen molar-refractivity contribution in [1.82, 2.24) is 4.90 Å². The highest BCUT2D eigenvalue weighted by molar-refractivity contribution is 5.40. The van der Waals surface area contributed by atoms with Crippen molar-refractivity contribution < 1.29 is 0 Å². The average Bonchev–Trinajstić information content (AvgIpc) is 2.64. The molecule has 0 bridgehead atoms. The Morgan fingerprint density at radius 1 is 1.00 bits per heavy atom. The van der Waals surface area contributed by atoms with Crippen molar-refractivity contribution >= 4 is 0 Å². The molecule has 140 valence electrons. The quantitative estimate of drug-likeness (QED) is 0.210. The van der Waals surface area contributed by atoms with E-state index < -0.39 is 0 Å². The van der Waals surface area contributed by atoms with Crippen molar-refractivity contribution in [3.05, 3.63) is 23.9 Å². The highest BCUT2D eigenvalue weighted by Crippen LogP contribution is 2.19. The van der Waals surface area contributed by atoms with Gasteiger partial charge in [-0.15, -0.1) is 6.42 Å². The number of hydrogen-bond acceptors (Lipinski definition) is 2. The number of hydrogen-bond donors (Lipinski definition) is 0. The van der Waals surface area contributed by atoms with Crippen LogP contribution in [-0.4, -0.2) is 18.0 Å². The van der Waals surface area contributed by atoms with Gasteiger partial charge in [-0.2, -0.15) is 5.26 Å². The second kappa shape index (κ2) is 15.8. The van der Waals surface area contributed by atoms with Gasteiger partial charge in [-0.25, -0.2) is 0 Å². The number of nitrogens with zero attached hydrogens (tertiary/aromatic N) is 2. The monoisotopic (exact) mass is 342 g/mol. The summed E-state index contributed by atoms with van der Waals surface area (Å²) in [6.07, 6.45) is 21.3. The fourth-order valence-corrected chi connectivity index (χ4v) is 3.07. The zero-order chi connectivity index (χ0) is 18.9. The topological polar surface area (TPSA) is 27.0 Å². The Morgan fingerprint density at radius 2 is 1.52 bits per heavy atom. The molecule has 0 saturated carbocycles. The van der Waals surface area contributed by atoms with Crippen LogP contribution >= 0.6 is 0 Å². The standard InChI is InChI=1S/C23H38N2/c1-6-11-14-22(9-4)19-25(17-13-16-21(8-3)18-24)20-23(10-5)15-12-7-2/h3,13,16-17,22-23H,6-7,9-12,14-15,19-20H2,1-2,4-5H3. The molecule has 0 fully saturated rings. The second-order valence-corrected chi connectivity index (χ2v) is 6.96. The maximum atomic E-state index is 8.94. The van der Waals surface area contributed by atoms with Gasteiger partial charge in [0.25, 0.3) is 0 Å². The molecule has 0 aliphatic carbocycles. The van der Waals surface area contributed by atoms with Crippen LogP contribution in [0.5, 0.6) is 0 Å². The van der Waals surface area contributed by atoms with Crippen molar-refractivity contribution in [1.29, 1.82) is 5.26 Å². The fraction of sp³-hybridized carbons (Fsp3) is 0.696. The van der Waals surface area contributed by atoms with Crippen LogP contribution in [0.4, 0.5) is 0 Å². The summed E-state index contributed by atoms with van der Waals surface area (Å²) in [4.78, 5) is 2.45. The molecule has 0 spiro atoms. The summed E-state index contributed by atoms with van der Waals surface area (Å²) in [6.45, 7) is 11.3. The molecule has 2 unspecified atom stereocenters. The van der Waals surface area contributed by atoms with Crippen molar-refractivity contribution in [2.75, 3.05) is 13.1 Å². The van der Waals surface area contributed by atoms with E-state index in [1.54, 1.807) is 6.08 Å². The molecule has 0 heterocycles. The Morgan fingerprint density at radius 3 is 1.88 bits per heavy atom. The minimum Gasteiger partial charge on any atom is -0.377 e. The van der Waals surface area contributed by atoms with Gasteiger partial charge in [-0.3, -0.25) is 0 Å². The van der Waals surface area contributed by atoms with Crippen molar-refractivity contribution in [2.24, 2.45) is 11.8 Å². The third-order valence-electron chi connectivity index (χ3n) is 4.91. The van der Waals surface area contributed by atoms with E-state index >= 15 is 0 Å². The highest BCUT2D eigenvalue weighted by atomic mass is 15.1. The van der Waals surface area contributed by atoms with E-state index in [4.69, 9.17) is 11.7 Å². The van der Waals surface area contributed by atoms with Gasteiger partial charge in [0.1, 0.15) is 11.6 Å². The molecule has 2 nitrogen and oxygen atoms in total. The molecule has 0 aromatic carbocycles. The van der Waals surface area contributed by atoms with Crippen LogP contribution in [0.3, 0.4) is 0 Å². The van der Waals surface area contributed by atoms with Gasteiger partial charge in [-0.1, -0.05) is 72.1 Å². The van der Waals surface area contributed by atoms with Crippen molar-refractivity contribution in [3.8, 4) is 18.4 Å². The van der Waals surface area contributed by atoms with Crippen LogP contribution in [0, 0.1) is 35.5 Å². The summed E-state index contributed by atoms with van der Waals surface area (Å²) < 4.78 is 0. The molecule has 0 amide bonds. The summed E-state index contributed by atoms with van der Waals surface area (Å²) in [5.41, 5.74) is 0.382. The van der Waals surface area contributed by atoms with E-state index in [2.05, 4.69) is 44.7 Å². The third-order valence-corrected chi connectivity index (χ3v) is 4.91. The lowest BCUT2D eigenvalue weighted by Gasteiger charge is -2.29. The molecular weight excluding hydrogens is 304 g/mol. The van der Waals surface area contributed by atoms with Crippen LogP contribution in [0.15, 0.2) is 23.9 Å². The minimum absolute atomic E-state index is 0.382. The van der Waals surface area contributed by atoms with Crippen molar-refractivity contribution in [3.63, 3.8) is 0 Å². The van der Waals surface area contributed by atoms with E-state index in [0.29, 0.717) is 5.57 Å². The number of unbranched alkanes of at least 4 members (excludes halogenated alkanes) is 2. The van der Waals surface area contributed by atoms with Gasteiger partial charge in [0.15, 0.2) is 0 Å². The molecule has 0 aliphatic rings. The largest absolute Gasteiger partial charge is 0.377 e. The minimum atomic E-state index is 0.382. The molecular formula is C23H38N2. The number of nitriles is 1. The smallest absolute Gasteiger partial charge is 0.108 e.